The van der Waals surface area contributed by atoms with Gasteiger partial charge in [0.25, 0.3) is 5.91 Å². The van der Waals surface area contributed by atoms with E-state index in [1.807, 2.05) is 19.1 Å². The fourth-order valence-electron chi connectivity index (χ4n) is 1.56. The molecule has 19 heavy (non-hydrogen) atoms. The number of amides is 1. The lowest BCUT2D eigenvalue weighted by atomic mass is 10.3. The SMILES string of the molecule is Cc1ccc(/C=C2\SC(=S)N(CCC(=O)[O-])C2=O)s1. The number of nitrogens with zero attached hydrogens (tertiary/aromatic N) is 1. The number of hydrogen-bond donors (Lipinski definition) is 0. The van der Waals surface area contributed by atoms with Gasteiger partial charge in [-0.2, -0.15) is 0 Å². The van der Waals surface area contributed by atoms with Crippen molar-refractivity contribution in [2.45, 2.75) is 13.3 Å². The van der Waals surface area contributed by atoms with E-state index in [0.29, 0.717) is 9.23 Å². The Morgan fingerprint density at radius 2 is 2.26 bits per heavy atom. The van der Waals surface area contributed by atoms with E-state index in [2.05, 4.69) is 0 Å². The molecule has 2 rings (SSSR count). The minimum atomic E-state index is -1.19. The smallest absolute Gasteiger partial charge is 0.266 e. The predicted molar refractivity (Wildman–Crippen MR) is 78.6 cm³/mol. The van der Waals surface area contributed by atoms with Gasteiger partial charge in [0.2, 0.25) is 0 Å². The van der Waals surface area contributed by atoms with Gasteiger partial charge in [-0.3, -0.25) is 9.69 Å². The Morgan fingerprint density at radius 1 is 1.53 bits per heavy atom. The monoisotopic (exact) mass is 312 g/mol. The van der Waals surface area contributed by atoms with Crippen molar-refractivity contribution in [3.8, 4) is 0 Å². The average Bonchev–Trinajstić information content (AvgIpc) is 2.83. The summed E-state index contributed by atoms with van der Waals surface area (Å²) in [4.78, 5) is 26.5. The molecule has 100 valence electrons. The molecule has 0 saturated carbocycles. The molecule has 0 atom stereocenters. The molecule has 1 aromatic heterocycles. The van der Waals surface area contributed by atoms with Crippen molar-refractivity contribution in [1.82, 2.24) is 4.90 Å². The van der Waals surface area contributed by atoms with Crippen LogP contribution in [0.2, 0.25) is 0 Å². The molecule has 7 heteroatoms. The Morgan fingerprint density at radius 3 is 2.84 bits per heavy atom. The molecule has 0 aliphatic carbocycles. The summed E-state index contributed by atoms with van der Waals surface area (Å²) in [5, 5.41) is 10.4. The van der Waals surface area contributed by atoms with Crippen molar-refractivity contribution < 1.29 is 14.7 Å². The molecule has 1 aromatic rings. The lowest BCUT2D eigenvalue weighted by Gasteiger charge is -2.14. The van der Waals surface area contributed by atoms with Gasteiger partial charge in [-0.1, -0.05) is 24.0 Å². The summed E-state index contributed by atoms with van der Waals surface area (Å²) in [5.74, 6) is -1.42. The van der Waals surface area contributed by atoms with Crippen LogP contribution in [0, 0.1) is 6.92 Å². The molecule has 0 aromatic carbocycles. The molecule has 2 heterocycles. The molecule has 4 nitrogen and oxygen atoms in total. The van der Waals surface area contributed by atoms with Gasteiger partial charge in [-0.25, -0.2) is 0 Å². The van der Waals surface area contributed by atoms with Crippen molar-refractivity contribution in [2.75, 3.05) is 6.54 Å². The summed E-state index contributed by atoms with van der Waals surface area (Å²) >= 11 is 7.87. The van der Waals surface area contributed by atoms with Crippen LogP contribution in [0.4, 0.5) is 0 Å². The number of carbonyl (C=O) groups excluding carboxylic acids is 2. The third-order valence-corrected chi connectivity index (χ3v) is 4.77. The van der Waals surface area contributed by atoms with E-state index in [4.69, 9.17) is 12.2 Å². The topological polar surface area (TPSA) is 60.4 Å². The highest BCUT2D eigenvalue weighted by atomic mass is 32.2. The van der Waals surface area contributed by atoms with Gasteiger partial charge < -0.3 is 9.90 Å². The van der Waals surface area contributed by atoms with Gasteiger partial charge in [0, 0.05) is 28.7 Å². The maximum absolute atomic E-state index is 12.1. The molecule has 1 aliphatic heterocycles. The minimum Gasteiger partial charge on any atom is -0.550 e. The standard InChI is InChI=1S/C12H11NO3S3/c1-7-2-3-8(18-7)6-9-11(16)13(12(17)19-9)5-4-10(14)15/h2-3,6H,4-5H2,1H3,(H,14,15)/p-1/b9-6-. The molecular formula is C12H10NO3S3-. The highest BCUT2D eigenvalue weighted by molar-refractivity contribution is 8.26. The molecule has 0 radical (unpaired) electrons. The van der Waals surface area contributed by atoms with Gasteiger partial charge in [0.15, 0.2) is 0 Å². The number of carboxylic acid groups (broad SMARTS) is 1. The number of thiocarbonyl (C=S) groups is 1. The van der Waals surface area contributed by atoms with E-state index in [1.165, 1.54) is 21.5 Å². The van der Waals surface area contributed by atoms with Crippen LogP contribution in [-0.4, -0.2) is 27.6 Å². The number of thioether (sulfide) groups is 1. The quantitative estimate of drug-likeness (QED) is 0.621. The van der Waals surface area contributed by atoms with E-state index < -0.39 is 5.97 Å². The molecule has 0 unspecified atom stereocenters. The fourth-order valence-corrected chi connectivity index (χ4v) is 3.75. The number of thiophene rings is 1. The van der Waals surface area contributed by atoms with Gasteiger partial charge in [0.1, 0.15) is 4.32 Å². The van der Waals surface area contributed by atoms with Crippen LogP contribution in [0.15, 0.2) is 17.0 Å². The van der Waals surface area contributed by atoms with Crippen molar-refractivity contribution in [2.24, 2.45) is 0 Å². The zero-order chi connectivity index (χ0) is 14.0. The zero-order valence-electron chi connectivity index (χ0n) is 10.0. The first-order valence-corrected chi connectivity index (χ1v) is 7.53. The lowest BCUT2D eigenvalue weighted by molar-refractivity contribution is -0.305. The number of carbonyl (C=O) groups is 2. The largest absolute Gasteiger partial charge is 0.550 e. The second kappa shape index (κ2) is 5.85. The van der Waals surface area contributed by atoms with Crippen LogP contribution in [0.25, 0.3) is 6.08 Å². The number of rotatable bonds is 4. The van der Waals surface area contributed by atoms with Crippen LogP contribution < -0.4 is 5.11 Å². The molecule has 0 spiro atoms. The molecule has 1 aliphatic rings. The van der Waals surface area contributed by atoms with Gasteiger partial charge in [-0.05, 0) is 25.1 Å². The lowest BCUT2D eigenvalue weighted by Crippen LogP contribution is -2.33. The van der Waals surface area contributed by atoms with Crippen molar-refractivity contribution in [3.05, 3.63) is 26.8 Å². The number of aliphatic carboxylic acids is 1. The van der Waals surface area contributed by atoms with Crippen LogP contribution in [0.5, 0.6) is 0 Å². The molecule has 0 bridgehead atoms. The first-order valence-electron chi connectivity index (χ1n) is 5.49. The Balaban J connectivity index is 2.13. The van der Waals surface area contributed by atoms with E-state index in [-0.39, 0.29) is 18.9 Å². The van der Waals surface area contributed by atoms with E-state index >= 15 is 0 Å². The normalized spacial score (nSPS) is 17.5. The van der Waals surface area contributed by atoms with Gasteiger partial charge in [0.05, 0.1) is 4.91 Å². The first kappa shape index (κ1) is 14.2. The summed E-state index contributed by atoms with van der Waals surface area (Å²) in [6, 6.07) is 3.92. The molecule has 0 N–H and O–H groups in total. The molecule has 1 saturated heterocycles. The van der Waals surface area contributed by atoms with Crippen LogP contribution in [-0.2, 0) is 9.59 Å². The predicted octanol–water partition coefficient (Wildman–Crippen LogP) is 1.40. The minimum absolute atomic E-state index is 0.0633. The Labute approximate surface area is 124 Å². The zero-order valence-corrected chi connectivity index (χ0v) is 12.5. The Hall–Kier alpha value is -1.18. The average molecular weight is 312 g/mol. The van der Waals surface area contributed by atoms with Crippen LogP contribution in [0.1, 0.15) is 16.2 Å². The highest BCUT2D eigenvalue weighted by Gasteiger charge is 2.31. The van der Waals surface area contributed by atoms with Crippen LogP contribution >= 0.6 is 35.3 Å². The maximum Gasteiger partial charge on any atom is 0.266 e. The summed E-state index contributed by atoms with van der Waals surface area (Å²) in [6.45, 7) is 2.06. The summed E-state index contributed by atoms with van der Waals surface area (Å²) < 4.78 is 0.394. The first-order chi connectivity index (χ1) is 8.97. The van der Waals surface area contributed by atoms with E-state index in [1.54, 1.807) is 17.4 Å². The second-order valence-electron chi connectivity index (χ2n) is 3.90. The number of carboxylic acids is 1. The summed E-state index contributed by atoms with van der Waals surface area (Å²) in [6.07, 6.45) is 1.58. The van der Waals surface area contributed by atoms with E-state index in [0.717, 1.165) is 4.88 Å². The van der Waals surface area contributed by atoms with E-state index in [9.17, 15) is 14.7 Å². The third-order valence-electron chi connectivity index (χ3n) is 2.45. The number of aryl methyl sites for hydroxylation is 1. The van der Waals surface area contributed by atoms with Crippen LogP contribution in [0.3, 0.4) is 0 Å². The van der Waals surface area contributed by atoms with Crippen molar-refractivity contribution >= 4 is 57.6 Å². The second-order valence-corrected chi connectivity index (χ2v) is 6.90. The van der Waals surface area contributed by atoms with Crippen molar-refractivity contribution in [3.63, 3.8) is 0 Å². The van der Waals surface area contributed by atoms with Gasteiger partial charge in [-0.15, -0.1) is 11.3 Å². The Kier molecular flexibility index (Phi) is 4.38. The molecule has 1 fully saturated rings. The van der Waals surface area contributed by atoms with Gasteiger partial charge >= 0.3 is 0 Å². The highest BCUT2D eigenvalue weighted by Crippen LogP contribution is 2.33. The fraction of sp³-hybridized carbons (Fsp3) is 0.250. The Bertz CT molecular complexity index is 577. The number of hydrogen-bond acceptors (Lipinski definition) is 6. The van der Waals surface area contributed by atoms with Crippen molar-refractivity contribution in [1.29, 1.82) is 0 Å². The summed E-state index contributed by atoms with van der Waals surface area (Å²) in [5.41, 5.74) is 0. The summed E-state index contributed by atoms with van der Waals surface area (Å²) in [7, 11) is 0. The third kappa shape index (κ3) is 3.43. The maximum atomic E-state index is 12.1. The molecular weight excluding hydrogens is 302 g/mol. The molecule has 1 amide bonds.